The third kappa shape index (κ3) is 1.35. The van der Waals surface area contributed by atoms with Crippen LogP contribution in [-0.4, -0.2) is 13.7 Å². The largest absolute Gasteiger partial charge is 0.384 e. The van der Waals surface area contributed by atoms with Gasteiger partial charge in [-0.15, -0.1) is 0 Å². The summed E-state index contributed by atoms with van der Waals surface area (Å²) in [6, 6.07) is 8.76. The maximum atomic E-state index is 5.36. The quantitative estimate of drug-likeness (QED) is 0.728. The zero-order valence-corrected chi connectivity index (χ0v) is 9.57. The molecule has 2 aliphatic carbocycles. The average Bonchev–Trinajstić information content (AvgIpc) is 2.66. The first-order valence-corrected chi connectivity index (χ1v) is 5.89. The van der Waals surface area contributed by atoms with Gasteiger partial charge in [-0.2, -0.15) is 0 Å². The number of benzene rings is 1. The van der Waals surface area contributed by atoms with Crippen molar-refractivity contribution in [1.82, 2.24) is 0 Å². The van der Waals surface area contributed by atoms with Crippen molar-refractivity contribution in [3.63, 3.8) is 0 Å². The summed E-state index contributed by atoms with van der Waals surface area (Å²) in [4.78, 5) is 0. The normalized spacial score (nSPS) is 22.2. The van der Waals surface area contributed by atoms with Gasteiger partial charge in [0.15, 0.2) is 0 Å². The minimum Gasteiger partial charge on any atom is -0.384 e. The Morgan fingerprint density at radius 2 is 2.19 bits per heavy atom. The summed E-state index contributed by atoms with van der Waals surface area (Å²) in [5.41, 5.74) is 5.92. The van der Waals surface area contributed by atoms with Gasteiger partial charge in [0, 0.05) is 13.0 Å². The van der Waals surface area contributed by atoms with Crippen LogP contribution in [0, 0.1) is 0 Å². The first-order valence-electron chi connectivity index (χ1n) is 5.89. The van der Waals surface area contributed by atoms with Crippen molar-refractivity contribution in [2.75, 3.05) is 13.7 Å². The Hall–Kier alpha value is -1.34. The molecule has 1 heteroatoms. The van der Waals surface area contributed by atoms with Gasteiger partial charge in [0.1, 0.15) is 0 Å². The van der Waals surface area contributed by atoms with Crippen molar-refractivity contribution < 1.29 is 4.74 Å². The molecule has 0 radical (unpaired) electrons. The topological polar surface area (TPSA) is 9.23 Å². The van der Waals surface area contributed by atoms with Crippen LogP contribution in [0.4, 0.5) is 0 Å². The molecule has 0 heterocycles. The number of rotatable bonds is 2. The second-order valence-electron chi connectivity index (χ2n) is 4.47. The van der Waals surface area contributed by atoms with E-state index in [2.05, 4.69) is 36.4 Å². The van der Waals surface area contributed by atoms with E-state index in [1.807, 2.05) is 0 Å². The number of ether oxygens (including phenoxy) is 1. The Morgan fingerprint density at radius 3 is 3.06 bits per heavy atom. The highest BCUT2D eigenvalue weighted by atomic mass is 16.5. The second kappa shape index (κ2) is 3.91. The molecule has 0 saturated carbocycles. The van der Waals surface area contributed by atoms with E-state index in [1.165, 1.54) is 29.5 Å². The number of methoxy groups -OCH3 is 1. The maximum Gasteiger partial charge on any atom is 0.0572 e. The third-order valence-electron chi connectivity index (χ3n) is 3.58. The second-order valence-corrected chi connectivity index (χ2v) is 4.47. The van der Waals surface area contributed by atoms with Crippen molar-refractivity contribution in [3.05, 3.63) is 53.1 Å². The number of hydrogen-bond acceptors (Lipinski definition) is 1. The van der Waals surface area contributed by atoms with Gasteiger partial charge in [-0.3, -0.25) is 0 Å². The van der Waals surface area contributed by atoms with Crippen LogP contribution >= 0.6 is 0 Å². The summed E-state index contributed by atoms with van der Waals surface area (Å²) in [5, 5.41) is 0. The predicted octanol–water partition coefficient (Wildman–Crippen LogP) is 3.53. The summed E-state index contributed by atoms with van der Waals surface area (Å²) < 4.78 is 5.36. The van der Waals surface area contributed by atoms with Crippen LogP contribution in [0.15, 0.2) is 42.0 Å². The molecule has 16 heavy (non-hydrogen) atoms. The fourth-order valence-corrected chi connectivity index (χ4v) is 2.89. The molecule has 0 amide bonds. The lowest BCUT2D eigenvalue weighted by Gasteiger charge is -2.15. The van der Waals surface area contributed by atoms with Gasteiger partial charge in [0.2, 0.25) is 0 Å². The van der Waals surface area contributed by atoms with Crippen molar-refractivity contribution in [1.29, 1.82) is 0 Å². The molecule has 1 atom stereocenters. The molecule has 1 unspecified atom stereocenters. The molecule has 1 aromatic rings. The van der Waals surface area contributed by atoms with Crippen molar-refractivity contribution in [3.8, 4) is 0 Å². The minimum atomic E-state index is 0.452. The molecule has 2 aliphatic rings. The van der Waals surface area contributed by atoms with Crippen LogP contribution < -0.4 is 0 Å². The van der Waals surface area contributed by atoms with E-state index in [9.17, 15) is 0 Å². The number of hydrogen-bond donors (Lipinski definition) is 0. The first kappa shape index (κ1) is 9.86. The lowest BCUT2D eigenvalue weighted by atomic mass is 9.93. The Morgan fingerprint density at radius 1 is 1.31 bits per heavy atom. The Labute approximate surface area is 96.4 Å². The molecule has 0 fully saturated rings. The highest BCUT2D eigenvalue weighted by Gasteiger charge is 2.29. The molecule has 0 N–H and O–H groups in total. The van der Waals surface area contributed by atoms with Gasteiger partial charge < -0.3 is 4.74 Å². The van der Waals surface area contributed by atoms with Crippen molar-refractivity contribution in [2.45, 2.75) is 18.8 Å². The van der Waals surface area contributed by atoms with Gasteiger partial charge in [0.05, 0.1) is 6.61 Å². The van der Waals surface area contributed by atoms with Gasteiger partial charge >= 0.3 is 0 Å². The van der Waals surface area contributed by atoms with Crippen LogP contribution in [0.25, 0.3) is 5.57 Å². The molecular formula is C15H16O. The monoisotopic (exact) mass is 212 g/mol. The Balaban J connectivity index is 2.12. The van der Waals surface area contributed by atoms with Crippen LogP contribution in [-0.2, 0) is 4.74 Å². The highest BCUT2D eigenvalue weighted by molar-refractivity contribution is 5.81. The van der Waals surface area contributed by atoms with E-state index in [0.29, 0.717) is 5.92 Å². The van der Waals surface area contributed by atoms with Crippen LogP contribution in [0.5, 0.6) is 0 Å². The zero-order valence-electron chi connectivity index (χ0n) is 9.57. The molecule has 0 saturated heterocycles. The molecule has 82 valence electrons. The van der Waals surface area contributed by atoms with Gasteiger partial charge in [0.25, 0.3) is 0 Å². The zero-order chi connectivity index (χ0) is 11.0. The highest BCUT2D eigenvalue weighted by Crippen LogP contribution is 2.46. The summed E-state index contributed by atoms with van der Waals surface area (Å²) in [6.07, 6.45) is 6.94. The molecule has 1 nitrogen and oxygen atoms in total. The first-order chi connectivity index (χ1) is 7.92. The fraction of sp³-hybridized carbons (Fsp3) is 0.333. The number of fused-ring (bicyclic) bond motifs is 2. The maximum absolute atomic E-state index is 5.36. The SMILES string of the molecule is COCC1C2=C(CCC=C2)c2ccccc21. The van der Waals surface area contributed by atoms with Gasteiger partial charge in [-0.05, 0) is 35.1 Å². The summed E-state index contributed by atoms with van der Waals surface area (Å²) in [7, 11) is 1.79. The predicted molar refractivity (Wildman–Crippen MR) is 66.4 cm³/mol. The van der Waals surface area contributed by atoms with E-state index in [0.717, 1.165) is 6.61 Å². The molecular weight excluding hydrogens is 196 g/mol. The summed E-state index contributed by atoms with van der Waals surface area (Å²) >= 11 is 0. The lowest BCUT2D eigenvalue weighted by molar-refractivity contribution is 0.190. The summed E-state index contributed by atoms with van der Waals surface area (Å²) in [5.74, 6) is 0.452. The standard InChI is InChI=1S/C15H16O/c1-16-10-15-13-8-4-2-6-11(13)12-7-3-5-9-14(12)15/h2,4-6,8-9,15H,3,7,10H2,1H3. The Bertz CT molecular complexity index is 468. The van der Waals surface area contributed by atoms with Crippen LogP contribution in [0.2, 0.25) is 0 Å². The lowest BCUT2D eigenvalue weighted by Crippen LogP contribution is -2.05. The molecule has 1 aromatic carbocycles. The van der Waals surface area contributed by atoms with Crippen molar-refractivity contribution in [2.24, 2.45) is 0 Å². The van der Waals surface area contributed by atoms with Crippen molar-refractivity contribution >= 4 is 5.57 Å². The van der Waals surface area contributed by atoms with E-state index < -0.39 is 0 Å². The van der Waals surface area contributed by atoms with Gasteiger partial charge in [-0.25, -0.2) is 0 Å². The molecule has 0 spiro atoms. The fourth-order valence-electron chi connectivity index (χ4n) is 2.89. The van der Waals surface area contributed by atoms with Crippen LogP contribution in [0.1, 0.15) is 29.9 Å². The minimum absolute atomic E-state index is 0.452. The molecule has 3 rings (SSSR count). The van der Waals surface area contributed by atoms with E-state index in [-0.39, 0.29) is 0 Å². The molecule has 0 bridgehead atoms. The van der Waals surface area contributed by atoms with E-state index >= 15 is 0 Å². The van der Waals surface area contributed by atoms with Gasteiger partial charge in [-0.1, -0.05) is 36.4 Å². The third-order valence-corrected chi connectivity index (χ3v) is 3.58. The smallest absolute Gasteiger partial charge is 0.0572 e. The number of allylic oxidation sites excluding steroid dienone is 3. The Kier molecular flexibility index (Phi) is 2.41. The molecule has 0 aliphatic heterocycles. The average molecular weight is 212 g/mol. The van der Waals surface area contributed by atoms with Crippen LogP contribution in [0.3, 0.4) is 0 Å². The van der Waals surface area contributed by atoms with E-state index in [4.69, 9.17) is 4.74 Å². The summed E-state index contributed by atoms with van der Waals surface area (Å²) in [6.45, 7) is 0.792. The molecule has 0 aromatic heterocycles. The van der Waals surface area contributed by atoms with E-state index in [1.54, 1.807) is 12.7 Å².